The molecule has 0 nitrogen and oxygen atoms in total. The van der Waals surface area contributed by atoms with Crippen molar-refractivity contribution in [3.05, 3.63) is 58.9 Å². The van der Waals surface area contributed by atoms with E-state index in [1.165, 1.54) is 0 Å². The standard InChI is InChI=1S/C24H27F3/c1-3-5-7-9-16-11-13-18-15-19-14-12-17(10-8-6-4-2)23(26)21(19)24(27)20(18)22(16)25/h11-15H,3-10H2,1-2H3. The van der Waals surface area contributed by atoms with Crippen molar-refractivity contribution in [3.63, 3.8) is 0 Å². The fraction of sp³-hybridized carbons (Fsp3) is 0.417. The van der Waals surface area contributed by atoms with Gasteiger partial charge in [-0.1, -0.05) is 63.8 Å². The molecular formula is C24H27F3. The normalized spacial score (nSPS) is 11.6. The van der Waals surface area contributed by atoms with Crippen molar-refractivity contribution in [2.75, 3.05) is 0 Å². The SMILES string of the molecule is CCCCCc1ccc2cc3ccc(CCCCC)c(F)c3c(F)c2c1F. The first kappa shape index (κ1) is 19.7. The Kier molecular flexibility index (Phi) is 6.41. The summed E-state index contributed by atoms with van der Waals surface area (Å²) >= 11 is 0. The van der Waals surface area contributed by atoms with Crippen molar-refractivity contribution in [2.24, 2.45) is 0 Å². The molecule has 144 valence electrons. The fourth-order valence-electron chi connectivity index (χ4n) is 3.76. The van der Waals surface area contributed by atoms with Gasteiger partial charge in [0, 0.05) is 0 Å². The molecule has 0 aromatic heterocycles. The molecule has 0 saturated carbocycles. The van der Waals surface area contributed by atoms with E-state index in [-0.39, 0.29) is 10.8 Å². The molecule has 0 fully saturated rings. The number of rotatable bonds is 8. The Morgan fingerprint density at radius 3 is 1.44 bits per heavy atom. The van der Waals surface area contributed by atoms with Gasteiger partial charge in [0.25, 0.3) is 0 Å². The van der Waals surface area contributed by atoms with Gasteiger partial charge in [0.2, 0.25) is 0 Å². The van der Waals surface area contributed by atoms with E-state index in [0.29, 0.717) is 34.7 Å². The van der Waals surface area contributed by atoms with Crippen molar-refractivity contribution in [1.29, 1.82) is 0 Å². The number of aryl methyl sites for hydroxylation is 2. The monoisotopic (exact) mass is 372 g/mol. The van der Waals surface area contributed by atoms with Crippen LogP contribution in [0.2, 0.25) is 0 Å². The number of benzene rings is 3. The second-order valence-electron chi connectivity index (χ2n) is 7.38. The summed E-state index contributed by atoms with van der Waals surface area (Å²) in [4.78, 5) is 0. The Morgan fingerprint density at radius 1 is 0.593 bits per heavy atom. The highest BCUT2D eigenvalue weighted by Gasteiger charge is 2.18. The molecule has 0 unspecified atom stereocenters. The van der Waals surface area contributed by atoms with Crippen LogP contribution in [-0.2, 0) is 12.8 Å². The van der Waals surface area contributed by atoms with Crippen LogP contribution in [0.5, 0.6) is 0 Å². The zero-order valence-electron chi connectivity index (χ0n) is 16.2. The van der Waals surface area contributed by atoms with Crippen molar-refractivity contribution in [2.45, 2.75) is 65.2 Å². The van der Waals surface area contributed by atoms with E-state index >= 15 is 13.2 Å². The van der Waals surface area contributed by atoms with E-state index in [1.807, 2.05) is 0 Å². The summed E-state index contributed by atoms with van der Waals surface area (Å²) in [5.74, 6) is -1.86. The zero-order chi connectivity index (χ0) is 19.4. The van der Waals surface area contributed by atoms with Crippen molar-refractivity contribution in [3.8, 4) is 0 Å². The summed E-state index contributed by atoms with van der Waals surface area (Å²) in [7, 11) is 0. The van der Waals surface area contributed by atoms with Crippen molar-refractivity contribution in [1.82, 2.24) is 0 Å². The smallest absolute Gasteiger partial charge is 0.144 e. The number of unbranched alkanes of at least 4 members (excludes halogenated alkanes) is 4. The number of halogens is 3. The highest BCUT2D eigenvalue weighted by atomic mass is 19.1. The zero-order valence-corrected chi connectivity index (χ0v) is 16.2. The minimum atomic E-state index is -0.771. The van der Waals surface area contributed by atoms with Crippen LogP contribution in [0.15, 0.2) is 30.3 Å². The van der Waals surface area contributed by atoms with Crippen molar-refractivity contribution < 1.29 is 13.2 Å². The minimum Gasteiger partial charge on any atom is -0.206 e. The highest BCUT2D eigenvalue weighted by molar-refractivity contribution is 6.00. The van der Waals surface area contributed by atoms with E-state index in [0.717, 1.165) is 38.5 Å². The van der Waals surface area contributed by atoms with Gasteiger partial charge in [-0.3, -0.25) is 0 Å². The third-order valence-corrected chi connectivity index (χ3v) is 5.36. The molecule has 0 heterocycles. The molecule has 0 saturated heterocycles. The molecule has 0 atom stereocenters. The van der Waals surface area contributed by atoms with Gasteiger partial charge < -0.3 is 0 Å². The van der Waals surface area contributed by atoms with Gasteiger partial charge in [-0.15, -0.1) is 0 Å². The third-order valence-electron chi connectivity index (χ3n) is 5.36. The molecule has 3 heteroatoms. The second-order valence-corrected chi connectivity index (χ2v) is 7.38. The van der Waals surface area contributed by atoms with Crippen LogP contribution in [0, 0.1) is 17.5 Å². The molecule has 3 aromatic carbocycles. The van der Waals surface area contributed by atoms with E-state index in [2.05, 4.69) is 13.8 Å². The highest BCUT2D eigenvalue weighted by Crippen LogP contribution is 2.33. The average Bonchev–Trinajstić information content (AvgIpc) is 2.65. The summed E-state index contributed by atoms with van der Waals surface area (Å²) in [5.41, 5.74) is 1.02. The Balaban J connectivity index is 2.11. The van der Waals surface area contributed by atoms with Crippen LogP contribution < -0.4 is 0 Å². The van der Waals surface area contributed by atoms with Crippen LogP contribution in [0.3, 0.4) is 0 Å². The number of hydrogen-bond donors (Lipinski definition) is 0. The Bertz CT molecular complexity index is 870. The molecule has 0 aliphatic rings. The van der Waals surface area contributed by atoms with Crippen LogP contribution in [0.4, 0.5) is 13.2 Å². The lowest BCUT2D eigenvalue weighted by atomic mass is 9.95. The van der Waals surface area contributed by atoms with Crippen LogP contribution >= 0.6 is 0 Å². The van der Waals surface area contributed by atoms with Gasteiger partial charge in [-0.05, 0) is 53.6 Å². The second kappa shape index (κ2) is 8.77. The molecule has 0 aliphatic heterocycles. The van der Waals surface area contributed by atoms with Crippen LogP contribution in [-0.4, -0.2) is 0 Å². The third kappa shape index (κ3) is 3.97. The molecule has 0 radical (unpaired) electrons. The molecular weight excluding hydrogens is 345 g/mol. The van der Waals surface area contributed by atoms with Crippen LogP contribution in [0.25, 0.3) is 21.5 Å². The number of hydrogen-bond acceptors (Lipinski definition) is 0. The van der Waals surface area contributed by atoms with Crippen LogP contribution in [0.1, 0.15) is 63.5 Å². The van der Waals surface area contributed by atoms with Gasteiger partial charge in [0.1, 0.15) is 17.5 Å². The predicted octanol–water partition coefficient (Wildman–Crippen LogP) is 7.88. The Morgan fingerprint density at radius 2 is 1.04 bits per heavy atom. The Labute approximate surface area is 159 Å². The molecule has 0 amide bonds. The maximum absolute atomic E-state index is 15.2. The van der Waals surface area contributed by atoms with E-state index < -0.39 is 17.5 Å². The lowest BCUT2D eigenvalue weighted by Gasteiger charge is -2.12. The van der Waals surface area contributed by atoms with Gasteiger partial charge >= 0.3 is 0 Å². The topological polar surface area (TPSA) is 0 Å². The maximum atomic E-state index is 15.2. The summed E-state index contributed by atoms with van der Waals surface area (Å²) in [6, 6.07) is 8.64. The molecule has 27 heavy (non-hydrogen) atoms. The van der Waals surface area contributed by atoms with E-state index in [4.69, 9.17) is 0 Å². The van der Waals surface area contributed by atoms with E-state index in [9.17, 15) is 0 Å². The van der Waals surface area contributed by atoms with Crippen molar-refractivity contribution >= 4 is 21.5 Å². The summed E-state index contributed by atoms with van der Waals surface area (Å²) in [5, 5.41) is 0.798. The molecule has 0 N–H and O–H groups in total. The molecule has 0 spiro atoms. The largest absolute Gasteiger partial charge is 0.206 e. The van der Waals surface area contributed by atoms with Gasteiger partial charge in [0.05, 0.1) is 10.8 Å². The maximum Gasteiger partial charge on any atom is 0.144 e. The van der Waals surface area contributed by atoms with Gasteiger partial charge in [-0.2, -0.15) is 0 Å². The quantitative estimate of drug-likeness (QED) is 0.279. The lowest BCUT2D eigenvalue weighted by Crippen LogP contribution is -1.99. The first-order valence-corrected chi connectivity index (χ1v) is 10.1. The first-order valence-electron chi connectivity index (χ1n) is 10.1. The summed E-state index contributed by atoms with van der Waals surface area (Å²) < 4.78 is 45.3. The van der Waals surface area contributed by atoms with Gasteiger partial charge in [0.15, 0.2) is 0 Å². The molecule has 0 aliphatic carbocycles. The lowest BCUT2D eigenvalue weighted by molar-refractivity contribution is 0.582. The summed E-state index contributed by atoms with van der Waals surface area (Å²) in [6.45, 7) is 4.17. The van der Waals surface area contributed by atoms with E-state index in [1.54, 1.807) is 30.3 Å². The van der Waals surface area contributed by atoms with Gasteiger partial charge in [-0.25, -0.2) is 13.2 Å². The first-order chi connectivity index (χ1) is 13.1. The average molecular weight is 372 g/mol. The predicted molar refractivity (Wildman–Crippen MR) is 108 cm³/mol. The molecule has 3 aromatic rings. The molecule has 0 bridgehead atoms. The fourth-order valence-corrected chi connectivity index (χ4v) is 3.76. The summed E-state index contributed by atoms with van der Waals surface area (Å²) in [6.07, 6.45) is 6.98. The molecule has 3 rings (SSSR count). The minimum absolute atomic E-state index is 0.0823. The Hall–Kier alpha value is -2.03. The number of fused-ring (bicyclic) bond motifs is 2.